The number of rotatable bonds is 2. The van der Waals surface area contributed by atoms with Crippen LogP contribution >= 0.6 is 11.6 Å². The van der Waals surface area contributed by atoms with Crippen LogP contribution in [0.2, 0.25) is 5.02 Å². The second kappa shape index (κ2) is 4.73. The smallest absolute Gasteiger partial charge is 0.139 e. The van der Waals surface area contributed by atoms with Gasteiger partial charge >= 0.3 is 0 Å². The minimum atomic E-state index is -0.439. The van der Waals surface area contributed by atoms with E-state index in [0.29, 0.717) is 16.3 Å². The molecule has 0 heterocycles. The average molecular weight is 238 g/mol. The molecule has 0 bridgehead atoms. The summed E-state index contributed by atoms with van der Waals surface area (Å²) in [5.41, 5.74) is 0.336. The zero-order valence-corrected chi connectivity index (χ0v) is 9.44. The van der Waals surface area contributed by atoms with Gasteiger partial charge in [0.15, 0.2) is 0 Å². The molecule has 0 radical (unpaired) electrons. The summed E-state index contributed by atoms with van der Waals surface area (Å²) in [6, 6.07) is 7.10. The molecule has 1 N–H and O–H groups in total. The van der Waals surface area contributed by atoms with Crippen LogP contribution in [-0.2, 0) is 0 Å². The summed E-state index contributed by atoms with van der Waals surface area (Å²) in [5, 5.41) is 19.0. The molecular formula is C12H12ClNO2. The van der Waals surface area contributed by atoms with Gasteiger partial charge in [-0.1, -0.05) is 17.7 Å². The summed E-state index contributed by atoms with van der Waals surface area (Å²) < 4.78 is 5.63. The van der Waals surface area contributed by atoms with E-state index >= 15 is 0 Å². The molecule has 4 heteroatoms. The van der Waals surface area contributed by atoms with Crippen molar-refractivity contribution in [1.29, 1.82) is 5.26 Å². The number of hydrogen-bond donors (Lipinski definition) is 1. The normalized spacial score (nSPS) is 24.1. The number of ether oxygens (including phenoxy) is 1. The lowest BCUT2D eigenvalue weighted by Crippen LogP contribution is -2.25. The van der Waals surface area contributed by atoms with Crippen LogP contribution in [0.25, 0.3) is 0 Å². The molecule has 1 aromatic carbocycles. The van der Waals surface area contributed by atoms with E-state index in [9.17, 15) is 5.11 Å². The van der Waals surface area contributed by atoms with Gasteiger partial charge in [-0.2, -0.15) is 5.26 Å². The standard InChI is InChI=1S/C12H12ClNO2/c13-9-3-1-5-11(8(9)7-14)16-12-6-2-4-10(12)15/h1,3,5,10,12,15H,2,4,6H2. The van der Waals surface area contributed by atoms with E-state index in [1.165, 1.54) is 0 Å². The highest BCUT2D eigenvalue weighted by atomic mass is 35.5. The van der Waals surface area contributed by atoms with Crippen molar-refractivity contribution in [3.05, 3.63) is 28.8 Å². The lowest BCUT2D eigenvalue weighted by atomic mass is 10.2. The highest BCUT2D eigenvalue weighted by molar-refractivity contribution is 6.31. The van der Waals surface area contributed by atoms with Gasteiger partial charge in [-0.3, -0.25) is 0 Å². The van der Waals surface area contributed by atoms with Gasteiger partial charge in [-0.05, 0) is 31.4 Å². The number of halogens is 1. The molecule has 1 fully saturated rings. The fourth-order valence-corrected chi connectivity index (χ4v) is 2.13. The van der Waals surface area contributed by atoms with Crippen LogP contribution in [0.15, 0.2) is 18.2 Å². The molecular weight excluding hydrogens is 226 g/mol. The van der Waals surface area contributed by atoms with E-state index in [0.717, 1.165) is 19.3 Å². The van der Waals surface area contributed by atoms with Gasteiger partial charge in [-0.15, -0.1) is 0 Å². The van der Waals surface area contributed by atoms with Crippen LogP contribution in [-0.4, -0.2) is 17.3 Å². The second-order valence-electron chi connectivity index (χ2n) is 3.88. The average Bonchev–Trinajstić information content (AvgIpc) is 2.65. The second-order valence-corrected chi connectivity index (χ2v) is 4.29. The molecule has 1 aromatic rings. The van der Waals surface area contributed by atoms with E-state index in [1.54, 1.807) is 18.2 Å². The van der Waals surface area contributed by atoms with Gasteiger partial charge in [-0.25, -0.2) is 0 Å². The molecule has 0 saturated heterocycles. The Labute approximate surface area is 99.2 Å². The maximum absolute atomic E-state index is 9.64. The monoisotopic (exact) mass is 237 g/mol. The Bertz CT molecular complexity index is 428. The molecule has 2 unspecified atom stereocenters. The predicted molar refractivity (Wildman–Crippen MR) is 60.4 cm³/mol. The fraction of sp³-hybridized carbons (Fsp3) is 0.417. The van der Waals surface area contributed by atoms with Crippen molar-refractivity contribution >= 4 is 11.6 Å². The third-order valence-electron chi connectivity index (χ3n) is 2.78. The Hall–Kier alpha value is -1.24. The molecule has 84 valence electrons. The van der Waals surface area contributed by atoms with E-state index in [4.69, 9.17) is 21.6 Å². The van der Waals surface area contributed by atoms with Crippen LogP contribution in [0.1, 0.15) is 24.8 Å². The van der Waals surface area contributed by atoms with Crippen molar-refractivity contribution in [2.75, 3.05) is 0 Å². The van der Waals surface area contributed by atoms with E-state index in [-0.39, 0.29) is 6.10 Å². The molecule has 1 saturated carbocycles. The van der Waals surface area contributed by atoms with Gasteiger partial charge in [0.1, 0.15) is 23.5 Å². The maximum Gasteiger partial charge on any atom is 0.139 e. The zero-order chi connectivity index (χ0) is 11.5. The Balaban J connectivity index is 2.21. The summed E-state index contributed by atoms with van der Waals surface area (Å²) >= 11 is 5.89. The third kappa shape index (κ3) is 2.13. The van der Waals surface area contributed by atoms with Crippen molar-refractivity contribution in [3.63, 3.8) is 0 Å². The maximum atomic E-state index is 9.64. The third-order valence-corrected chi connectivity index (χ3v) is 3.10. The first-order valence-corrected chi connectivity index (χ1v) is 5.63. The highest BCUT2D eigenvalue weighted by Gasteiger charge is 2.27. The Morgan fingerprint density at radius 3 is 2.88 bits per heavy atom. The number of nitrogens with zero attached hydrogens (tertiary/aromatic N) is 1. The largest absolute Gasteiger partial charge is 0.486 e. The SMILES string of the molecule is N#Cc1c(Cl)cccc1OC1CCCC1O. The lowest BCUT2D eigenvalue weighted by molar-refractivity contribution is 0.0602. The van der Waals surface area contributed by atoms with E-state index < -0.39 is 6.10 Å². The minimum absolute atomic E-state index is 0.217. The minimum Gasteiger partial charge on any atom is -0.486 e. The molecule has 16 heavy (non-hydrogen) atoms. The van der Waals surface area contributed by atoms with E-state index in [2.05, 4.69) is 0 Å². The number of benzene rings is 1. The Morgan fingerprint density at radius 2 is 2.25 bits per heavy atom. The molecule has 2 rings (SSSR count). The van der Waals surface area contributed by atoms with Crippen LogP contribution in [0, 0.1) is 11.3 Å². The van der Waals surface area contributed by atoms with Crippen molar-refractivity contribution in [2.24, 2.45) is 0 Å². The zero-order valence-electron chi connectivity index (χ0n) is 8.69. The van der Waals surface area contributed by atoms with Gasteiger partial charge in [0.05, 0.1) is 11.1 Å². The predicted octanol–water partition coefficient (Wildman–Crippen LogP) is 2.50. The molecule has 3 nitrogen and oxygen atoms in total. The number of hydrogen-bond acceptors (Lipinski definition) is 3. The Morgan fingerprint density at radius 1 is 1.44 bits per heavy atom. The van der Waals surface area contributed by atoms with Gasteiger partial charge < -0.3 is 9.84 Å². The molecule has 1 aliphatic carbocycles. The molecule has 0 aliphatic heterocycles. The first-order chi connectivity index (χ1) is 7.72. The number of aliphatic hydroxyl groups excluding tert-OH is 1. The summed E-state index contributed by atoms with van der Waals surface area (Å²) in [7, 11) is 0. The Kier molecular flexibility index (Phi) is 3.33. The summed E-state index contributed by atoms with van der Waals surface area (Å²) in [6.07, 6.45) is 1.87. The van der Waals surface area contributed by atoms with Crippen LogP contribution in [0.4, 0.5) is 0 Å². The topological polar surface area (TPSA) is 53.2 Å². The van der Waals surface area contributed by atoms with Crippen LogP contribution in [0.3, 0.4) is 0 Å². The van der Waals surface area contributed by atoms with Gasteiger partial charge in [0, 0.05) is 0 Å². The summed E-state index contributed by atoms with van der Waals surface area (Å²) in [4.78, 5) is 0. The summed E-state index contributed by atoms with van der Waals surface area (Å²) in [6.45, 7) is 0. The van der Waals surface area contributed by atoms with Gasteiger partial charge in [0.2, 0.25) is 0 Å². The van der Waals surface area contributed by atoms with Crippen LogP contribution < -0.4 is 4.74 Å². The lowest BCUT2D eigenvalue weighted by Gasteiger charge is -2.18. The first-order valence-electron chi connectivity index (χ1n) is 5.25. The van der Waals surface area contributed by atoms with E-state index in [1.807, 2.05) is 6.07 Å². The summed E-state index contributed by atoms with van der Waals surface area (Å²) in [5.74, 6) is 0.459. The molecule has 1 aliphatic rings. The number of aliphatic hydroxyl groups is 1. The fourth-order valence-electron chi connectivity index (χ4n) is 1.92. The van der Waals surface area contributed by atoms with Crippen molar-refractivity contribution in [3.8, 4) is 11.8 Å². The first kappa shape index (κ1) is 11.3. The molecule has 0 amide bonds. The van der Waals surface area contributed by atoms with Crippen LogP contribution in [0.5, 0.6) is 5.75 Å². The molecule has 2 atom stereocenters. The van der Waals surface area contributed by atoms with Crippen molar-refractivity contribution in [2.45, 2.75) is 31.5 Å². The number of nitriles is 1. The molecule has 0 spiro atoms. The highest BCUT2D eigenvalue weighted by Crippen LogP contribution is 2.30. The quantitative estimate of drug-likeness (QED) is 0.860. The van der Waals surface area contributed by atoms with Crippen molar-refractivity contribution in [1.82, 2.24) is 0 Å². The van der Waals surface area contributed by atoms with Gasteiger partial charge in [0.25, 0.3) is 0 Å². The molecule has 0 aromatic heterocycles. The van der Waals surface area contributed by atoms with Crippen molar-refractivity contribution < 1.29 is 9.84 Å².